The van der Waals surface area contributed by atoms with E-state index >= 15 is 0 Å². The first-order chi connectivity index (χ1) is 12.4. The fourth-order valence-corrected chi connectivity index (χ4v) is 2.81. The zero-order valence-electron chi connectivity index (χ0n) is 14.6. The molecule has 0 heterocycles. The van der Waals surface area contributed by atoms with E-state index in [4.69, 9.17) is 4.74 Å². The fourth-order valence-electron chi connectivity index (χ4n) is 2.40. The molecule has 0 atom stereocenters. The van der Waals surface area contributed by atoms with Gasteiger partial charge in [-0.1, -0.05) is 34.1 Å². The van der Waals surface area contributed by atoms with Gasteiger partial charge in [0.1, 0.15) is 11.4 Å². The number of rotatable bonds is 8. The number of carbonyl (C=O) groups is 1. The third-order valence-corrected chi connectivity index (χ3v) is 4.57. The second kappa shape index (κ2) is 9.30. The molecule has 0 radical (unpaired) electrons. The lowest BCUT2D eigenvalue weighted by atomic mass is 10.2. The molecule has 0 aliphatic rings. The molecule has 0 unspecified atom stereocenters. The van der Waals surface area contributed by atoms with E-state index in [-0.39, 0.29) is 23.7 Å². The molecular weight excluding hydrogens is 402 g/mol. The van der Waals surface area contributed by atoms with Gasteiger partial charge in [0.2, 0.25) is 5.91 Å². The maximum Gasteiger partial charge on any atom is 0.296 e. The summed E-state index contributed by atoms with van der Waals surface area (Å²) >= 11 is 3.50. The molecule has 1 N–H and O–H groups in total. The van der Waals surface area contributed by atoms with Crippen LogP contribution in [-0.4, -0.2) is 36.4 Å². The summed E-state index contributed by atoms with van der Waals surface area (Å²) in [4.78, 5) is 24.8. The van der Waals surface area contributed by atoms with Crippen molar-refractivity contribution >= 4 is 33.2 Å². The second-order valence-corrected chi connectivity index (χ2v) is 6.62. The number of benzene rings is 2. The van der Waals surface area contributed by atoms with Gasteiger partial charge in [0.25, 0.3) is 5.69 Å². The van der Waals surface area contributed by atoms with Crippen LogP contribution in [-0.2, 0) is 11.3 Å². The second-order valence-electron chi connectivity index (χ2n) is 5.77. The van der Waals surface area contributed by atoms with E-state index in [0.717, 1.165) is 10.0 Å². The highest BCUT2D eigenvalue weighted by Gasteiger charge is 2.17. The van der Waals surface area contributed by atoms with Crippen LogP contribution in [0.15, 0.2) is 46.9 Å². The summed E-state index contributed by atoms with van der Waals surface area (Å²) in [5.41, 5.74) is 1.09. The van der Waals surface area contributed by atoms with E-state index in [9.17, 15) is 14.9 Å². The topological polar surface area (TPSA) is 84.7 Å². The van der Waals surface area contributed by atoms with E-state index in [2.05, 4.69) is 21.2 Å². The molecule has 7 nitrogen and oxygen atoms in total. The predicted octanol–water partition coefficient (Wildman–Crippen LogP) is 3.83. The third-order valence-electron chi connectivity index (χ3n) is 3.79. The lowest BCUT2D eigenvalue weighted by molar-refractivity contribution is -0.384. The zero-order valence-corrected chi connectivity index (χ0v) is 16.2. The summed E-state index contributed by atoms with van der Waals surface area (Å²) < 4.78 is 6.00. The van der Waals surface area contributed by atoms with Crippen LogP contribution < -0.4 is 10.1 Å². The van der Waals surface area contributed by atoms with Crippen LogP contribution in [0.4, 0.5) is 11.4 Å². The van der Waals surface area contributed by atoms with Gasteiger partial charge >= 0.3 is 0 Å². The van der Waals surface area contributed by atoms with Crippen LogP contribution in [0.25, 0.3) is 0 Å². The molecule has 0 aromatic heterocycles. The van der Waals surface area contributed by atoms with E-state index in [1.165, 1.54) is 19.2 Å². The van der Waals surface area contributed by atoms with Gasteiger partial charge in [-0.25, -0.2) is 0 Å². The average molecular weight is 422 g/mol. The Bertz CT molecular complexity index is 798. The minimum absolute atomic E-state index is 0.161. The highest BCUT2D eigenvalue weighted by Crippen LogP contribution is 2.29. The van der Waals surface area contributed by atoms with Gasteiger partial charge in [-0.05, 0) is 30.8 Å². The van der Waals surface area contributed by atoms with Crippen molar-refractivity contribution in [1.29, 1.82) is 0 Å². The first-order valence-electron chi connectivity index (χ1n) is 7.95. The van der Waals surface area contributed by atoms with Crippen LogP contribution in [0.5, 0.6) is 5.75 Å². The number of halogens is 1. The Labute approximate surface area is 160 Å². The number of carbonyl (C=O) groups excluding carboxylic acids is 1. The summed E-state index contributed by atoms with van der Waals surface area (Å²) in [6, 6.07) is 12.2. The summed E-state index contributed by atoms with van der Waals surface area (Å²) in [6.07, 6.45) is 0.226. The number of nitrogens with one attached hydrogen (secondary N) is 1. The zero-order chi connectivity index (χ0) is 19.1. The lowest BCUT2D eigenvalue weighted by Crippen LogP contribution is -2.24. The molecule has 0 saturated carbocycles. The van der Waals surface area contributed by atoms with E-state index in [1.54, 1.807) is 6.07 Å². The van der Waals surface area contributed by atoms with E-state index in [0.29, 0.717) is 18.8 Å². The van der Waals surface area contributed by atoms with Crippen molar-refractivity contribution in [3.63, 3.8) is 0 Å². The standard InChI is InChI=1S/C18H20BrN3O4/c1-21(12-13-5-3-4-6-15(13)19)10-9-18(23)20-16-8-7-14(26-2)11-17(16)22(24)25/h3-8,11H,9-10,12H2,1-2H3,(H,20,23). The molecule has 26 heavy (non-hydrogen) atoms. The van der Waals surface area contributed by atoms with Gasteiger partial charge in [0, 0.05) is 24.0 Å². The van der Waals surface area contributed by atoms with Gasteiger partial charge in [0.05, 0.1) is 18.1 Å². The Morgan fingerprint density at radius 3 is 2.69 bits per heavy atom. The van der Waals surface area contributed by atoms with Crippen LogP contribution in [0, 0.1) is 10.1 Å². The molecule has 0 saturated heterocycles. The monoisotopic (exact) mass is 421 g/mol. The summed E-state index contributed by atoms with van der Waals surface area (Å²) in [5, 5.41) is 13.8. The molecule has 0 aliphatic carbocycles. The van der Waals surface area contributed by atoms with Gasteiger partial charge in [-0.2, -0.15) is 0 Å². The number of anilines is 1. The Kier molecular flexibility index (Phi) is 7.11. The third kappa shape index (κ3) is 5.53. The summed E-state index contributed by atoms with van der Waals surface area (Å²) in [6.45, 7) is 1.22. The SMILES string of the molecule is COc1ccc(NC(=O)CCN(C)Cc2ccccc2Br)c([N+](=O)[O-])c1. The molecule has 0 fully saturated rings. The highest BCUT2D eigenvalue weighted by molar-refractivity contribution is 9.10. The number of nitro benzene ring substituents is 1. The molecule has 8 heteroatoms. The maximum absolute atomic E-state index is 12.2. The minimum Gasteiger partial charge on any atom is -0.496 e. The number of nitro groups is 1. The molecular formula is C18H20BrN3O4. The molecule has 0 spiro atoms. The number of nitrogens with zero attached hydrogens (tertiary/aromatic N) is 2. The summed E-state index contributed by atoms with van der Waals surface area (Å²) in [5.74, 6) is 0.0834. The van der Waals surface area contributed by atoms with Crippen molar-refractivity contribution in [2.45, 2.75) is 13.0 Å². The predicted molar refractivity (Wildman–Crippen MR) is 103 cm³/mol. The first kappa shape index (κ1) is 19.9. The quantitative estimate of drug-likeness (QED) is 0.517. The highest BCUT2D eigenvalue weighted by atomic mass is 79.9. The van der Waals surface area contributed by atoms with Crippen LogP contribution >= 0.6 is 15.9 Å². The number of hydrogen-bond donors (Lipinski definition) is 1. The smallest absolute Gasteiger partial charge is 0.296 e. The van der Waals surface area contributed by atoms with Gasteiger partial charge in [0.15, 0.2) is 0 Å². The Morgan fingerprint density at radius 1 is 1.31 bits per heavy atom. The molecule has 2 rings (SSSR count). The Hall–Kier alpha value is -2.45. The number of methoxy groups -OCH3 is 1. The van der Waals surface area contributed by atoms with Crippen molar-refractivity contribution in [2.75, 3.05) is 26.0 Å². The fraction of sp³-hybridized carbons (Fsp3) is 0.278. The molecule has 0 bridgehead atoms. The minimum atomic E-state index is -0.544. The molecule has 2 aromatic rings. The Balaban J connectivity index is 1.93. The van der Waals surface area contributed by atoms with Gasteiger partial charge in [-0.15, -0.1) is 0 Å². The van der Waals surface area contributed by atoms with Crippen molar-refractivity contribution in [3.05, 3.63) is 62.6 Å². The lowest BCUT2D eigenvalue weighted by Gasteiger charge is -2.17. The Morgan fingerprint density at radius 2 is 2.04 bits per heavy atom. The molecule has 138 valence electrons. The average Bonchev–Trinajstić information content (AvgIpc) is 2.62. The van der Waals surface area contributed by atoms with Gasteiger partial charge in [-0.3, -0.25) is 14.9 Å². The number of ether oxygens (including phenoxy) is 1. The summed E-state index contributed by atoms with van der Waals surface area (Å²) in [7, 11) is 3.35. The van der Waals surface area contributed by atoms with E-state index < -0.39 is 4.92 Å². The molecule has 0 aliphatic heterocycles. The normalized spacial score (nSPS) is 10.6. The maximum atomic E-state index is 12.2. The van der Waals surface area contributed by atoms with Crippen molar-refractivity contribution in [2.24, 2.45) is 0 Å². The van der Waals surface area contributed by atoms with Gasteiger partial charge < -0.3 is 15.0 Å². The van der Waals surface area contributed by atoms with Crippen molar-refractivity contribution in [1.82, 2.24) is 4.90 Å². The van der Waals surface area contributed by atoms with Crippen molar-refractivity contribution in [3.8, 4) is 5.75 Å². The van der Waals surface area contributed by atoms with Crippen LogP contribution in [0.2, 0.25) is 0 Å². The molecule has 1 amide bonds. The number of hydrogen-bond acceptors (Lipinski definition) is 5. The van der Waals surface area contributed by atoms with E-state index in [1.807, 2.05) is 36.2 Å². The first-order valence-corrected chi connectivity index (χ1v) is 8.74. The molecule has 2 aromatic carbocycles. The number of amides is 1. The largest absolute Gasteiger partial charge is 0.496 e. The van der Waals surface area contributed by atoms with Crippen molar-refractivity contribution < 1.29 is 14.5 Å². The van der Waals surface area contributed by atoms with Crippen LogP contribution in [0.1, 0.15) is 12.0 Å². The van der Waals surface area contributed by atoms with Crippen LogP contribution in [0.3, 0.4) is 0 Å².